The number of nitrogens with one attached hydrogen (secondary N) is 1. The number of fused-ring (bicyclic) bond motifs is 1. The van der Waals surface area contributed by atoms with Gasteiger partial charge in [-0.25, -0.2) is 4.98 Å². The molecule has 4 heterocycles. The molecule has 1 N–H and O–H groups in total. The van der Waals surface area contributed by atoms with Crippen molar-refractivity contribution in [3.8, 4) is 5.88 Å². The van der Waals surface area contributed by atoms with Gasteiger partial charge in [-0.2, -0.15) is 0 Å². The number of pyridine rings is 1. The zero-order valence-electron chi connectivity index (χ0n) is 20.6. The Labute approximate surface area is 222 Å². The minimum atomic E-state index is 0.0610. The first kappa shape index (κ1) is 25.1. The van der Waals surface area contributed by atoms with E-state index in [0.717, 1.165) is 69.5 Å². The van der Waals surface area contributed by atoms with Crippen LogP contribution in [0.4, 0.5) is 0 Å². The van der Waals surface area contributed by atoms with E-state index in [4.69, 9.17) is 27.9 Å². The van der Waals surface area contributed by atoms with E-state index in [-0.39, 0.29) is 5.91 Å². The predicted octanol–water partition coefficient (Wildman–Crippen LogP) is 6.01. The molecule has 8 heteroatoms. The van der Waals surface area contributed by atoms with Crippen molar-refractivity contribution in [2.75, 3.05) is 39.8 Å². The molecule has 2 aliphatic rings. The van der Waals surface area contributed by atoms with Crippen LogP contribution in [0, 0.1) is 5.92 Å². The predicted molar refractivity (Wildman–Crippen MR) is 146 cm³/mol. The van der Waals surface area contributed by atoms with Gasteiger partial charge in [-0.05, 0) is 79.9 Å². The number of rotatable bonds is 6. The van der Waals surface area contributed by atoms with Crippen LogP contribution >= 0.6 is 23.2 Å². The highest BCUT2D eigenvalue weighted by molar-refractivity contribution is 6.42. The van der Waals surface area contributed by atoms with E-state index < -0.39 is 0 Å². The summed E-state index contributed by atoms with van der Waals surface area (Å²) in [5.74, 6) is 1.93. The molecule has 5 rings (SSSR count). The van der Waals surface area contributed by atoms with Crippen LogP contribution in [0.2, 0.25) is 10.0 Å². The lowest BCUT2D eigenvalue weighted by atomic mass is 9.88. The topological polar surface area (TPSA) is 61.5 Å². The van der Waals surface area contributed by atoms with E-state index in [1.807, 2.05) is 23.2 Å². The number of carbonyl (C=O) groups excluding carboxylic acids is 1. The van der Waals surface area contributed by atoms with E-state index in [1.54, 1.807) is 31.4 Å². The molecule has 6 nitrogen and oxygen atoms in total. The van der Waals surface area contributed by atoms with E-state index in [1.165, 1.54) is 10.9 Å². The Kier molecular flexibility index (Phi) is 7.85. The zero-order valence-corrected chi connectivity index (χ0v) is 22.1. The number of hydrogen-bond acceptors (Lipinski definition) is 4. The summed E-state index contributed by atoms with van der Waals surface area (Å²) in [6.45, 7) is 4.99. The van der Waals surface area contributed by atoms with Gasteiger partial charge in [0.2, 0.25) is 11.8 Å². The first-order valence-electron chi connectivity index (χ1n) is 12.7. The Morgan fingerprint density at radius 3 is 2.61 bits per heavy atom. The van der Waals surface area contributed by atoms with Crippen LogP contribution in [0.25, 0.3) is 17.0 Å². The summed E-state index contributed by atoms with van der Waals surface area (Å²) in [7, 11) is 1.66. The molecule has 2 saturated heterocycles. The van der Waals surface area contributed by atoms with E-state index in [0.29, 0.717) is 27.8 Å². The third-order valence-corrected chi connectivity index (χ3v) is 8.35. The summed E-state index contributed by atoms with van der Waals surface area (Å²) >= 11 is 12.0. The number of benzene rings is 1. The number of H-pyrrole nitrogens is 1. The highest BCUT2D eigenvalue weighted by Crippen LogP contribution is 2.34. The molecule has 0 saturated carbocycles. The lowest BCUT2D eigenvalue weighted by Gasteiger charge is -2.37. The molecule has 0 radical (unpaired) electrons. The van der Waals surface area contributed by atoms with Gasteiger partial charge in [-0.3, -0.25) is 4.79 Å². The van der Waals surface area contributed by atoms with E-state index in [2.05, 4.69) is 21.1 Å². The summed E-state index contributed by atoms with van der Waals surface area (Å²) < 4.78 is 5.33. The number of carbonyl (C=O) groups is 1. The maximum absolute atomic E-state index is 12.7. The molecule has 36 heavy (non-hydrogen) atoms. The van der Waals surface area contributed by atoms with Crippen LogP contribution < -0.4 is 4.74 Å². The molecule has 0 atom stereocenters. The molecule has 2 aliphatic heterocycles. The fourth-order valence-corrected chi connectivity index (χ4v) is 5.80. The number of nitrogens with zero attached hydrogens (tertiary/aromatic N) is 3. The van der Waals surface area contributed by atoms with Gasteiger partial charge in [-0.15, -0.1) is 0 Å². The standard InChI is InChI=1S/C28H32Cl2N4O2/c1-36-27-15-22-23(16-31-26(22)17-32-27)21-8-10-33(11-9-21)18-20-6-12-34(13-7-20)28(35)5-3-19-2-4-24(29)25(30)14-19/h2-5,14-17,20-21,31H,6-13,18H2,1H3/b5-3+. The molecule has 2 aromatic heterocycles. The second-order valence-electron chi connectivity index (χ2n) is 9.87. The average molecular weight is 527 g/mol. The Balaban J connectivity index is 1.08. The van der Waals surface area contributed by atoms with Crippen LogP contribution in [0.5, 0.6) is 5.88 Å². The maximum Gasteiger partial charge on any atom is 0.246 e. The monoisotopic (exact) mass is 526 g/mol. The van der Waals surface area contributed by atoms with Crippen molar-refractivity contribution in [1.29, 1.82) is 0 Å². The molecular formula is C28H32Cl2N4O2. The summed E-state index contributed by atoms with van der Waals surface area (Å²) in [6.07, 6.45) is 11.9. The third kappa shape index (κ3) is 5.72. The second-order valence-corrected chi connectivity index (χ2v) is 10.7. The smallest absolute Gasteiger partial charge is 0.246 e. The quantitative estimate of drug-likeness (QED) is 0.399. The van der Waals surface area contributed by atoms with Gasteiger partial charge >= 0.3 is 0 Å². The number of hydrogen-bond donors (Lipinski definition) is 1. The first-order valence-corrected chi connectivity index (χ1v) is 13.4. The van der Waals surface area contributed by atoms with Crippen molar-refractivity contribution >= 4 is 46.1 Å². The van der Waals surface area contributed by atoms with Gasteiger partial charge in [-0.1, -0.05) is 29.3 Å². The number of ether oxygens (including phenoxy) is 1. The lowest BCUT2D eigenvalue weighted by molar-refractivity contribution is -0.127. The molecule has 0 unspecified atom stereocenters. The zero-order chi connectivity index (χ0) is 25.1. The molecular weight excluding hydrogens is 495 g/mol. The molecule has 190 valence electrons. The Hall–Kier alpha value is -2.54. The van der Waals surface area contributed by atoms with Crippen LogP contribution in [-0.4, -0.2) is 65.5 Å². The van der Waals surface area contributed by atoms with Gasteiger partial charge in [0.05, 0.1) is 28.9 Å². The van der Waals surface area contributed by atoms with E-state index >= 15 is 0 Å². The molecule has 0 aliphatic carbocycles. The minimum absolute atomic E-state index is 0.0610. The summed E-state index contributed by atoms with van der Waals surface area (Å²) in [6, 6.07) is 7.43. The van der Waals surface area contributed by atoms with Gasteiger partial charge in [0.1, 0.15) is 0 Å². The lowest BCUT2D eigenvalue weighted by Crippen LogP contribution is -2.42. The van der Waals surface area contributed by atoms with Crippen LogP contribution in [-0.2, 0) is 4.79 Å². The highest BCUT2D eigenvalue weighted by Gasteiger charge is 2.27. The van der Waals surface area contributed by atoms with Crippen molar-refractivity contribution < 1.29 is 9.53 Å². The number of methoxy groups -OCH3 is 1. The van der Waals surface area contributed by atoms with Crippen molar-refractivity contribution in [2.45, 2.75) is 31.6 Å². The Morgan fingerprint density at radius 2 is 1.89 bits per heavy atom. The number of piperidine rings is 2. The Bertz CT molecular complexity index is 1240. The van der Waals surface area contributed by atoms with Crippen molar-refractivity contribution in [3.05, 3.63) is 63.9 Å². The largest absolute Gasteiger partial charge is 0.481 e. The summed E-state index contributed by atoms with van der Waals surface area (Å²) in [5, 5.41) is 2.24. The normalized spacial score (nSPS) is 18.4. The molecule has 1 amide bonds. The SMILES string of the molecule is COc1cc2c(C3CCN(CC4CCN(C(=O)/C=C/c5ccc(Cl)c(Cl)c5)CC4)CC3)c[nH]c2cn1. The summed E-state index contributed by atoms with van der Waals surface area (Å²) in [5.41, 5.74) is 3.33. The molecule has 1 aromatic carbocycles. The van der Waals surface area contributed by atoms with Gasteiger partial charge < -0.3 is 19.5 Å². The first-order chi connectivity index (χ1) is 17.5. The van der Waals surface area contributed by atoms with Crippen LogP contribution in [0.1, 0.15) is 42.7 Å². The molecule has 2 fully saturated rings. The number of amides is 1. The fraction of sp³-hybridized carbons (Fsp3) is 0.429. The molecule has 0 bridgehead atoms. The number of halogens is 2. The molecule has 3 aromatic rings. The van der Waals surface area contributed by atoms with Crippen LogP contribution in [0.3, 0.4) is 0 Å². The second kappa shape index (κ2) is 11.2. The van der Waals surface area contributed by atoms with Crippen molar-refractivity contribution in [1.82, 2.24) is 19.8 Å². The van der Waals surface area contributed by atoms with Gasteiger partial charge in [0, 0.05) is 43.4 Å². The maximum atomic E-state index is 12.7. The molecule has 0 spiro atoms. The third-order valence-electron chi connectivity index (χ3n) is 7.61. The van der Waals surface area contributed by atoms with Crippen molar-refractivity contribution in [3.63, 3.8) is 0 Å². The fourth-order valence-electron chi connectivity index (χ4n) is 5.49. The van der Waals surface area contributed by atoms with Crippen LogP contribution in [0.15, 0.2) is 42.7 Å². The van der Waals surface area contributed by atoms with Gasteiger partial charge in [0.15, 0.2) is 0 Å². The average Bonchev–Trinajstić information content (AvgIpc) is 3.33. The summed E-state index contributed by atoms with van der Waals surface area (Å²) in [4.78, 5) is 24.9. The van der Waals surface area contributed by atoms with Crippen molar-refractivity contribution in [2.24, 2.45) is 5.92 Å². The number of likely N-dealkylation sites (tertiary alicyclic amines) is 2. The highest BCUT2D eigenvalue weighted by atomic mass is 35.5. The van der Waals surface area contributed by atoms with Gasteiger partial charge in [0.25, 0.3) is 0 Å². The number of aromatic amines is 1. The Morgan fingerprint density at radius 1 is 1.11 bits per heavy atom. The van der Waals surface area contributed by atoms with E-state index in [9.17, 15) is 4.79 Å². The minimum Gasteiger partial charge on any atom is -0.481 e. The number of aromatic nitrogens is 2.